The molecule has 0 aliphatic carbocycles. The molecule has 96 valence electrons. The second-order valence-corrected chi connectivity index (χ2v) is 4.87. The quantitative estimate of drug-likeness (QED) is 0.810. The minimum atomic E-state index is 0.717. The van der Waals surface area contributed by atoms with E-state index in [1.807, 2.05) is 25.6 Å². The van der Waals surface area contributed by atoms with Crippen molar-refractivity contribution in [3.63, 3.8) is 0 Å². The third kappa shape index (κ3) is 3.05. The molecule has 7 heteroatoms. The van der Waals surface area contributed by atoms with Gasteiger partial charge in [-0.05, 0) is 14.0 Å². The summed E-state index contributed by atoms with van der Waals surface area (Å²) in [7, 11) is 3.86. The maximum absolute atomic E-state index is 4.31. The van der Waals surface area contributed by atoms with Crippen LogP contribution in [0.15, 0.2) is 17.6 Å². The molecule has 2 aromatic heterocycles. The Morgan fingerprint density at radius 1 is 1.28 bits per heavy atom. The Morgan fingerprint density at radius 3 is 2.78 bits per heavy atom. The van der Waals surface area contributed by atoms with Crippen molar-refractivity contribution in [1.82, 2.24) is 30.0 Å². The zero-order valence-corrected chi connectivity index (χ0v) is 11.5. The molecule has 0 atom stereocenters. The van der Waals surface area contributed by atoms with Crippen LogP contribution in [0.5, 0.6) is 0 Å². The molecule has 2 heterocycles. The van der Waals surface area contributed by atoms with Crippen LogP contribution in [0.2, 0.25) is 0 Å². The molecule has 0 radical (unpaired) electrons. The lowest BCUT2D eigenvalue weighted by molar-refractivity contribution is 0.682. The molecular weight excluding hydrogens is 248 g/mol. The Morgan fingerprint density at radius 2 is 2.11 bits per heavy atom. The van der Waals surface area contributed by atoms with Crippen molar-refractivity contribution in [3.8, 4) is 0 Å². The van der Waals surface area contributed by atoms with E-state index in [0.29, 0.717) is 6.54 Å². The van der Waals surface area contributed by atoms with Gasteiger partial charge in [0.05, 0.1) is 17.9 Å². The number of hydrogen-bond donors (Lipinski definition) is 1. The third-order valence-electron chi connectivity index (χ3n) is 2.44. The average Bonchev–Trinajstić information content (AvgIpc) is 2.71. The molecule has 2 aromatic rings. The molecule has 0 fully saturated rings. The van der Waals surface area contributed by atoms with Gasteiger partial charge in [-0.2, -0.15) is 0 Å². The lowest BCUT2D eigenvalue weighted by atomic mass is 10.4. The summed E-state index contributed by atoms with van der Waals surface area (Å²) in [5.74, 6) is 1.67. The highest BCUT2D eigenvalue weighted by Crippen LogP contribution is 2.19. The number of aryl methyl sites for hydroxylation is 1. The number of nitrogens with zero attached hydrogens (tertiary/aromatic N) is 5. The van der Waals surface area contributed by atoms with Crippen LogP contribution in [-0.2, 0) is 19.3 Å². The predicted octanol–water partition coefficient (Wildman–Crippen LogP) is 0.925. The fraction of sp³-hybridized carbons (Fsp3) is 0.455. The summed E-state index contributed by atoms with van der Waals surface area (Å²) in [6.45, 7) is 2.64. The highest BCUT2D eigenvalue weighted by molar-refractivity contribution is 7.98. The van der Waals surface area contributed by atoms with Crippen LogP contribution in [0.25, 0.3) is 0 Å². The minimum Gasteiger partial charge on any atom is -0.313 e. The highest BCUT2D eigenvalue weighted by atomic mass is 32.2. The Kier molecular flexibility index (Phi) is 4.27. The van der Waals surface area contributed by atoms with Gasteiger partial charge in [-0.3, -0.25) is 9.97 Å². The summed E-state index contributed by atoms with van der Waals surface area (Å²) in [4.78, 5) is 8.53. The summed E-state index contributed by atoms with van der Waals surface area (Å²) in [5.41, 5.74) is 1.88. The standard InChI is InChI=1S/C11H16N6S/c1-8-4-14-9(5-13-8)7-18-11-16-15-10(6-12-2)17(11)3/h4-5,12H,6-7H2,1-3H3. The normalized spacial score (nSPS) is 10.8. The first-order valence-corrected chi connectivity index (χ1v) is 6.62. The first-order chi connectivity index (χ1) is 8.70. The van der Waals surface area contributed by atoms with Crippen molar-refractivity contribution >= 4 is 11.8 Å². The molecule has 1 N–H and O–H groups in total. The van der Waals surface area contributed by atoms with E-state index in [1.54, 1.807) is 24.2 Å². The topological polar surface area (TPSA) is 68.5 Å². The number of hydrogen-bond acceptors (Lipinski definition) is 6. The number of aromatic nitrogens is 5. The van der Waals surface area contributed by atoms with Gasteiger partial charge in [0.2, 0.25) is 0 Å². The fourth-order valence-electron chi connectivity index (χ4n) is 1.42. The first kappa shape index (κ1) is 13.0. The van der Waals surface area contributed by atoms with E-state index >= 15 is 0 Å². The highest BCUT2D eigenvalue weighted by Gasteiger charge is 2.08. The number of rotatable bonds is 5. The summed E-state index contributed by atoms with van der Waals surface area (Å²) < 4.78 is 1.99. The zero-order valence-electron chi connectivity index (χ0n) is 10.7. The first-order valence-electron chi connectivity index (χ1n) is 5.64. The van der Waals surface area contributed by atoms with Crippen LogP contribution in [0.3, 0.4) is 0 Å². The Labute approximate surface area is 110 Å². The lowest BCUT2D eigenvalue weighted by Crippen LogP contribution is -2.10. The molecule has 0 aliphatic heterocycles. The molecule has 18 heavy (non-hydrogen) atoms. The molecule has 0 aliphatic rings. The van der Waals surface area contributed by atoms with E-state index in [2.05, 4.69) is 25.5 Å². The van der Waals surface area contributed by atoms with Gasteiger partial charge in [0.15, 0.2) is 5.16 Å². The Hall–Kier alpha value is -1.47. The third-order valence-corrected chi connectivity index (χ3v) is 3.50. The molecule has 0 amide bonds. The van der Waals surface area contributed by atoms with Crippen LogP contribution in [0.4, 0.5) is 0 Å². The van der Waals surface area contributed by atoms with Crippen molar-refractivity contribution in [2.75, 3.05) is 7.05 Å². The maximum Gasteiger partial charge on any atom is 0.191 e. The molecule has 0 unspecified atom stereocenters. The van der Waals surface area contributed by atoms with Crippen LogP contribution in [-0.4, -0.2) is 31.8 Å². The van der Waals surface area contributed by atoms with Crippen molar-refractivity contribution < 1.29 is 0 Å². The van der Waals surface area contributed by atoms with Gasteiger partial charge >= 0.3 is 0 Å². The van der Waals surface area contributed by atoms with Crippen LogP contribution >= 0.6 is 11.8 Å². The second kappa shape index (κ2) is 5.92. The molecule has 0 saturated heterocycles. The van der Waals surface area contributed by atoms with Crippen molar-refractivity contribution in [1.29, 1.82) is 0 Å². The van der Waals surface area contributed by atoms with E-state index in [0.717, 1.165) is 28.1 Å². The van der Waals surface area contributed by atoms with E-state index < -0.39 is 0 Å². The fourth-order valence-corrected chi connectivity index (χ4v) is 2.24. The van der Waals surface area contributed by atoms with Gasteiger partial charge in [0.25, 0.3) is 0 Å². The molecule has 6 nitrogen and oxygen atoms in total. The Balaban J connectivity index is 1.99. The zero-order chi connectivity index (χ0) is 13.0. The lowest BCUT2D eigenvalue weighted by Gasteiger charge is -2.03. The van der Waals surface area contributed by atoms with Crippen LogP contribution in [0, 0.1) is 6.92 Å². The maximum atomic E-state index is 4.31. The van der Waals surface area contributed by atoms with Gasteiger partial charge in [0.1, 0.15) is 5.82 Å². The SMILES string of the molecule is CNCc1nnc(SCc2cnc(C)cn2)n1C. The van der Waals surface area contributed by atoms with Gasteiger partial charge in [-0.25, -0.2) is 0 Å². The van der Waals surface area contributed by atoms with Gasteiger partial charge in [-0.1, -0.05) is 11.8 Å². The molecule has 2 rings (SSSR count). The number of thioether (sulfide) groups is 1. The largest absolute Gasteiger partial charge is 0.313 e. The van der Waals surface area contributed by atoms with E-state index in [1.165, 1.54) is 0 Å². The minimum absolute atomic E-state index is 0.717. The van der Waals surface area contributed by atoms with Crippen molar-refractivity contribution in [2.45, 2.75) is 24.4 Å². The summed E-state index contributed by atoms with van der Waals surface area (Å²) in [5, 5.41) is 12.2. The van der Waals surface area contributed by atoms with Gasteiger partial charge in [-0.15, -0.1) is 10.2 Å². The summed E-state index contributed by atoms with van der Waals surface area (Å²) in [6, 6.07) is 0. The van der Waals surface area contributed by atoms with Crippen molar-refractivity contribution in [3.05, 3.63) is 29.6 Å². The molecule has 0 aromatic carbocycles. The summed E-state index contributed by atoms with van der Waals surface area (Å²) >= 11 is 1.61. The Bertz CT molecular complexity index is 507. The monoisotopic (exact) mass is 264 g/mol. The van der Waals surface area contributed by atoms with Gasteiger partial charge < -0.3 is 9.88 Å². The smallest absolute Gasteiger partial charge is 0.191 e. The van der Waals surface area contributed by atoms with E-state index in [9.17, 15) is 0 Å². The van der Waals surface area contributed by atoms with Crippen molar-refractivity contribution in [2.24, 2.45) is 7.05 Å². The second-order valence-electron chi connectivity index (χ2n) is 3.93. The summed E-state index contributed by atoms with van der Waals surface area (Å²) in [6.07, 6.45) is 3.58. The van der Waals surface area contributed by atoms with E-state index in [4.69, 9.17) is 0 Å². The molecule has 0 spiro atoms. The molecule has 0 saturated carbocycles. The van der Waals surface area contributed by atoms with Crippen LogP contribution < -0.4 is 5.32 Å². The average molecular weight is 264 g/mol. The van der Waals surface area contributed by atoms with Gasteiger partial charge in [0, 0.05) is 25.2 Å². The van der Waals surface area contributed by atoms with Crippen LogP contribution in [0.1, 0.15) is 17.2 Å². The van der Waals surface area contributed by atoms with E-state index in [-0.39, 0.29) is 0 Å². The molecular formula is C11H16N6S. The molecule has 0 bridgehead atoms. The number of nitrogens with one attached hydrogen (secondary N) is 1. The predicted molar refractivity (Wildman–Crippen MR) is 70.1 cm³/mol.